The topological polar surface area (TPSA) is 113 Å². The third-order valence-corrected chi connectivity index (χ3v) is 4.74. The number of H-pyrrole nitrogens is 1. The maximum atomic E-state index is 12.2. The van der Waals surface area contributed by atoms with Gasteiger partial charge in [-0.3, -0.25) is 9.59 Å². The third-order valence-electron chi connectivity index (χ3n) is 3.90. The van der Waals surface area contributed by atoms with Crippen molar-refractivity contribution in [2.75, 3.05) is 16.4 Å². The number of amides is 2. The number of rotatable bonds is 5. The van der Waals surface area contributed by atoms with Crippen molar-refractivity contribution < 1.29 is 9.59 Å². The van der Waals surface area contributed by atoms with Crippen molar-refractivity contribution in [3.05, 3.63) is 48.5 Å². The molecule has 140 valence electrons. The summed E-state index contributed by atoms with van der Waals surface area (Å²) in [5, 5.41) is 15.2. The Morgan fingerprint density at radius 2 is 1.82 bits per heavy atom. The van der Waals surface area contributed by atoms with Gasteiger partial charge in [0.05, 0.1) is 5.75 Å². The number of aromatic amines is 1. The molecule has 2 aromatic carbocycles. The molecule has 0 spiro atoms. The van der Waals surface area contributed by atoms with Crippen LogP contribution in [0.3, 0.4) is 0 Å². The number of thioether (sulfide) groups is 1. The molecule has 0 aliphatic rings. The number of nitrogens with one attached hydrogen (secondary N) is 3. The van der Waals surface area contributed by atoms with Crippen LogP contribution in [0.15, 0.2) is 53.7 Å². The second kappa shape index (κ2) is 7.65. The lowest BCUT2D eigenvalue weighted by Crippen LogP contribution is -2.14. The van der Waals surface area contributed by atoms with Crippen molar-refractivity contribution in [2.24, 2.45) is 0 Å². The molecule has 0 bridgehead atoms. The number of nitrogens with zero attached hydrogens (tertiary/aromatic N) is 3. The zero-order valence-corrected chi connectivity index (χ0v) is 15.7. The second-order valence-corrected chi connectivity index (χ2v) is 7.00. The van der Waals surface area contributed by atoms with Gasteiger partial charge in [0.1, 0.15) is 5.52 Å². The first kappa shape index (κ1) is 17.9. The number of carbonyl (C=O) groups is 2. The van der Waals surface area contributed by atoms with Gasteiger partial charge >= 0.3 is 0 Å². The first-order chi connectivity index (χ1) is 13.6. The first-order valence-corrected chi connectivity index (χ1v) is 9.48. The van der Waals surface area contributed by atoms with Gasteiger partial charge in [-0.1, -0.05) is 36.0 Å². The molecule has 0 aliphatic heterocycles. The molecule has 0 unspecified atom stereocenters. The number of anilines is 2. The van der Waals surface area contributed by atoms with Crippen LogP contribution < -0.4 is 10.6 Å². The molecule has 0 saturated heterocycles. The molecule has 0 aliphatic carbocycles. The normalized spacial score (nSPS) is 10.9. The maximum absolute atomic E-state index is 12.2. The minimum atomic E-state index is -0.203. The van der Waals surface area contributed by atoms with E-state index in [1.807, 2.05) is 24.3 Å². The summed E-state index contributed by atoms with van der Waals surface area (Å²) >= 11 is 1.20. The molecule has 3 N–H and O–H groups in total. The monoisotopic (exact) mass is 392 g/mol. The van der Waals surface area contributed by atoms with Gasteiger partial charge in [0, 0.05) is 29.2 Å². The Balaban J connectivity index is 1.42. The average molecular weight is 392 g/mol. The summed E-state index contributed by atoms with van der Waals surface area (Å²) in [4.78, 5) is 31.0. The van der Waals surface area contributed by atoms with Gasteiger partial charge in [0.2, 0.25) is 17.0 Å². The van der Waals surface area contributed by atoms with E-state index in [0.29, 0.717) is 27.7 Å². The van der Waals surface area contributed by atoms with Gasteiger partial charge in [-0.2, -0.15) is 0 Å². The average Bonchev–Trinajstić information content (AvgIpc) is 3.04. The number of fused-ring (bicyclic) bond motifs is 3. The molecule has 0 radical (unpaired) electrons. The van der Waals surface area contributed by atoms with E-state index in [0.717, 1.165) is 10.9 Å². The third kappa shape index (κ3) is 3.94. The van der Waals surface area contributed by atoms with Crippen LogP contribution in [0.25, 0.3) is 22.1 Å². The summed E-state index contributed by atoms with van der Waals surface area (Å²) in [7, 11) is 0. The quantitative estimate of drug-likeness (QED) is 0.450. The molecular weight excluding hydrogens is 376 g/mol. The molecule has 2 heterocycles. The molecule has 8 nitrogen and oxygen atoms in total. The molecule has 0 saturated carbocycles. The standard InChI is InChI=1S/C19H16N6O2S/c1-11(26)20-12-5-4-6-13(9-12)21-16(27)10-28-19-23-18-17(24-25-19)14-7-2-3-8-15(14)22-18/h2-9H,10H2,1H3,(H,20,26)(H,21,27)(H,22,23,25). The highest BCUT2D eigenvalue weighted by molar-refractivity contribution is 7.99. The van der Waals surface area contributed by atoms with Crippen LogP contribution >= 0.6 is 11.8 Å². The van der Waals surface area contributed by atoms with Crippen LogP contribution in [0, 0.1) is 0 Å². The Kier molecular flexibility index (Phi) is 4.90. The van der Waals surface area contributed by atoms with Crippen LogP contribution in [0.1, 0.15) is 6.92 Å². The summed E-state index contributed by atoms with van der Waals surface area (Å²) in [6, 6.07) is 14.7. The predicted octanol–water partition coefficient (Wildman–Crippen LogP) is 3.20. The van der Waals surface area contributed by atoms with Gasteiger partial charge in [-0.15, -0.1) is 10.2 Å². The summed E-state index contributed by atoms with van der Waals surface area (Å²) in [5.74, 6) is -0.237. The molecule has 0 fully saturated rings. The van der Waals surface area contributed by atoms with Gasteiger partial charge in [0.25, 0.3) is 0 Å². The van der Waals surface area contributed by atoms with Crippen LogP contribution in [0.5, 0.6) is 0 Å². The van der Waals surface area contributed by atoms with Crippen molar-refractivity contribution in [1.82, 2.24) is 20.2 Å². The lowest BCUT2D eigenvalue weighted by molar-refractivity contribution is -0.114. The maximum Gasteiger partial charge on any atom is 0.234 e. The Bertz CT molecular complexity index is 1190. The lowest BCUT2D eigenvalue weighted by Gasteiger charge is -2.07. The van der Waals surface area contributed by atoms with E-state index in [2.05, 4.69) is 30.8 Å². The number of para-hydroxylation sites is 1. The number of carbonyl (C=O) groups excluding carboxylic acids is 2. The SMILES string of the molecule is CC(=O)Nc1cccc(NC(=O)CSc2nnc3c(n2)[nH]c2ccccc23)c1. The molecule has 0 atom stereocenters. The van der Waals surface area contributed by atoms with E-state index in [1.54, 1.807) is 24.3 Å². The van der Waals surface area contributed by atoms with Crippen molar-refractivity contribution in [2.45, 2.75) is 12.1 Å². The Hall–Kier alpha value is -3.46. The van der Waals surface area contributed by atoms with Gasteiger partial charge in [-0.05, 0) is 24.3 Å². The highest BCUT2D eigenvalue weighted by atomic mass is 32.2. The molecule has 4 rings (SSSR count). The first-order valence-electron chi connectivity index (χ1n) is 8.50. The summed E-state index contributed by atoms with van der Waals surface area (Å²) in [6.07, 6.45) is 0. The number of aromatic nitrogens is 4. The van der Waals surface area contributed by atoms with Crippen molar-refractivity contribution in [3.63, 3.8) is 0 Å². The Morgan fingerprint density at radius 3 is 2.64 bits per heavy atom. The van der Waals surface area contributed by atoms with Crippen molar-refractivity contribution in [1.29, 1.82) is 0 Å². The van der Waals surface area contributed by atoms with Crippen LogP contribution in [0.2, 0.25) is 0 Å². The zero-order chi connectivity index (χ0) is 19.5. The second-order valence-electron chi connectivity index (χ2n) is 6.06. The Labute approximate surface area is 164 Å². The smallest absolute Gasteiger partial charge is 0.234 e. The summed E-state index contributed by atoms with van der Waals surface area (Å²) in [5.41, 5.74) is 3.51. The van der Waals surface area contributed by atoms with E-state index in [9.17, 15) is 9.59 Å². The predicted molar refractivity (Wildman–Crippen MR) is 109 cm³/mol. The van der Waals surface area contributed by atoms with Gasteiger partial charge in [-0.25, -0.2) is 4.98 Å². The van der Waals surface area contributed by atoms with Gasteiger partial charge < -0.3 is 15.6 Å². The molecule has 2 amide bonds. The number of hydrogen-bond acceptors (Lipinski definition) is 6. The zero-order valence-electron chi connectivity index (χ0n) is 14.9. The molecule has 4 aromatic rings. The fourth-order valence-electron chi connectivity index (χ4n) is 2.77. The van der Waals surface area contributed by atoms with E-state index in [1.165, 1.54) is 18.7 Å². The minimum Gasteiger partial charge on any atom is -0.338 e. The van der Waals surface area contributed by atoms with E-state index in [-0.39, 0.29) is 17.6 Å². The van der Waals surface area contributed by atoms with Gasteiger partial charge in [0.15, 0.2) is 5.65 Å². The number of hydrogen-bond donors (Lipinski definition) is 3. The van der Waals surface area contributed by atoms with E-state index in [4.69, 9.17) is 0 Å². The highest BCUT2D eigenvalue weighted by Crippen LogP contribution is 2.23. The van der Waals surface area contributed by atoms with Crippen LogP contribution in [-0.2, 0) is 9.59 Å². The summed E-state index contributed by atoms with van der Waals surface area (Å²) < 4.78 is 0. The fraction of sp³-hybridized carbons (Fsp3) is 0.105. The number of benzene rings is 2. The molecule has 2 aromatic heterocycles. The molecule has 9 heteroatoms. The Morgan fingerprint density at radius 1 is 1.04 bits per heavy atom. The van der Waals surface area contributed by atoms with Crippen molar-refractivity contribution in [3.8, 4) is 0 Å². The highest BCUT2D eigenvalue weighted by Gasteiger charge is 2.11. The van der Waals surface area contributed by atoms with E-state index < -0.39 is 0 Å². The van der Waals surface area contributed by atoms with E-state index >= 15 is 0 Å². The molecular formula is C19H16N6O2S. The lowest BCUT2D eigenvalue weighted by atomic mass is 10.2. The molecule has 28 heavy (non-hydrogen) atoms. The largest absolute Gasteiger partial charge is 0.338 e. The summed E-state index contributed by atoms with van der Waals surface area (Å²) in [6.45, 7) is 1.43. The van der Waals surface area contributed by atoms with Crippen molar-refractivity contribution >= 4 is 57.0 Å². The fourth-order valence-corrected chi connectivity index (χ4v) is 3.36. The minimum absolute atomic E-state index is 0.137. The van der Waals surface area contributed by atoms with Crippen LogP contribution in [-0.4, -0.2) is 37.7 Å². The van der Waals surface area contributed by atoms with Crippen LogP contribution in [0.4, 0.5) is 11.4 Å².